The van der Waals surface area contributed by atoms with Gasteiger partial charge in [0.2, 0.25) is 0 Å². The van der Waals surface area contributed by atoms with Crippen LogP contribution in [0.5, 0.6) is 11.5 Å². The molecule has 1 aromatic rings. The first-order chi connectivity index (χ1) is 8.97. The van der Waals surface area contributed by atoms with Crippen LogP contribution in [0.15, 0.2) is 18.2 Å². The van der Waals surface area contributed by atoms with Gasteiger partial charge in [0.1, 0.15) is 0 Å². The van der Waals surface area contributed by atoms with Gasteiger partial charge >= 0.3 is 5.97 Å². The predicted molar refractivity (Wildman–Crippen MR) is 69.9 cm³/mol. The molecular formula is C14H18O5. The van der Waals surface area contributed by atoms with Crippen molar-refractivity contribution in [1.29, 1.82) is 0 Å². The van der Waals surface area contributed by atoms with E-state index < -0.39 is 5.97 Å². The Morgan fingerprint density at radius 3 is 2.32 bits per heavy atom. The summed E-state index contributed by atoms with van der Waals surface area (Å²) in [5.41, 5.74) is 0.495. The largest absolute Gasteiger partial charge is 0.493 e. The summed E-state index contributed by atoms with van der Waals surface area (Å²) < 4.78 is 10.2. The molecule has 0 aliphatic rings. The van der Waals surface area contributed by atoms with E-state index >= 15 is 0 Å². The van der Waals surface area contributed by atoms with E-state index in [2.05, 4.69) is 0 Å². The molecule has 0 aliphatic carbocycles. The average Bonchev–Trinajstić information content (AvgIpc) is 2.36. The monoisotopic (exact) mass is 266 g/mol. The number of ketones is 1. The Bertz CT molecular complexity index is 467. The van der Waals surface area contributed by atoms with E-state index in [-0.39, 0.29) is 24.5 Å². The number of hydrogen-bond donors (Lipinski definition) is 1. The zero-order chi connectivity index (χ0) is 14.4. The van der Waals surface area contributed by atoms with Crippen LogP contribution in [-0.2, 0) is 4.79 Å². The maximum absolute atomic E-state index is 12.0. The molecule has 1 N–H and O–H groups in total. The van der Waals surface area contributed by atoms with E-state index in [0.29, 0.717) is 17.1 Å². The minimum Gasteiger partial charge on any atom is -0.493 e. The third-order valence-corrected chi connectivity index (χ3v) is 2.76. The van der Waals surface area contributed by atoms with Crippen molar-refractivity contribution in [3.63, 3.8) is 0 Å². The van der Waals surface area contributed by atoms with E-state index in [4.69, 9.17) is 14.6 Å². The Kier molecular flexibility index (Phi) is 5.36. The van der Waals surface area contributed by atoms with Crippen molar-refractivity contribution in [3.8, 4) is 11.5 Å². The summed E-state index contributed by atoms with van der Waals surface area (Å²) in [5, 5.41) is 8.67. The second-order valence-electron chi connectivity index (χ2n) is 4.40. The van der Waals surface area contributed by atoms with Gasteiger partial charge in [-0.2, -0.15) is 0 Å². The highest BCUT2D eigenvalue weighted by molar-refractivity contribution is 5.97. The summed E-state index contributed by atoms with van der Waals surface area (Å²) in [7, 11) is 3.02. The van der Waals surface area contributed by atoms with Gasteiger partial charge in [0.05, 0.1) is 14.2 Å². The van der Waals surface area contributed by atoms with Crippen molar-refractivity contribution in [2.24, 2.45) is 5.92 Å². The van der Waals surface area contributed by atoms with Gasteiger partial charge in [0.15, 0.2) is 17.3 Å². The van der Waals surface area contributed by atoms with Gasteiger partial charge in [-0.25, -0.2) is 0 Å². The normalized spacial score (nSPS) is 11.7. The lowest BCUT2D eigenvalue weighted by Gasteiger charge is -2.11. The van der Waals surface area contributed by atoms with Crippen molar-refractivity contribution in [1.82, 2.24) is 0 Å². The van der Waals surface area contributed by atoms with Gasteiger partial charge in [-0.15, -0.1) is 0 Å². The molecule has 0 radical (unpaired) electrons. The van der Waals surface area contributed by atoms with Crippen LogP contribution in [0.3, 0.4) is 0 Å². The Balaban J connectivity index is 2.80. The summed E-state index contributed by atoms with van der Waals surface area (Å²) in [6.07, 6.45) is 0.181. The maximum atomic E-state index is 12.0. The number of methoxy groups -OCH3 is 2. The molecule has 0 bridgehead atoms. The first-order valence-electron chi connectivity index (χ1n) is 5.95. The smallest absolute Gasteiger partial charge is 0.303 e. The van der Waals surface area contributed by atoms with Crippen molar-refractivity contribution in [2.45, 2.75) is 19.8 Å². The fourth-order valence-corrected chi connectivity index (χ4v) is 1.81. The Morgan fingerprint density at radius 1 is 1.16 bits per heavy atom. The van der Waals surface area contributed by atoms with Crippen LogP contribution < -0.4 is 9.47 Å². The van der Waals surface area contributed by atoms with Crippen molar-refractivity contribution in [3.05, 3.63) is 23.8 Å². The number of carbonyl (C=O) groups is 2. The lowest BCUT2D eigenvalue weighted by Crippen LogP contribution is -2.10. The number of benzene rings is 1. The van der Waals surface area contributed by atoms with Crippen molar-refractivity contribution >= 4 is 11.8 Å². The summed E-state index contributed by atoms with van der Waals surface area (Å²) in [5.74, 6) is -0.155. The van der Waals surface area contributed by atoms with E-state index in [0.717, 1.165) is 0 Å². The Morgan fingerprint density at radius 2 is 1.79 bits per heavy atom. The van der Waals surface area contributed by atoms with Crippen LogP contribution in [0, 0.1) is 5.92 Å². The maximum Gasteiger partial charge on any atom is 0.303 e. The molecule has 0 saturated heterocycles. The lowest BCUT2D eigenvalue weighted by molar-refractivity contribution is -0.137. The lowest BCUT2D eigenvalue weighted by atomic mass is 9.97. The highest BCUT2D eigenvalue weighted by Crippen LogP contribution is 2.28. The van der Waals surface area contributed by atoms with E-state index in [9.17, 15) is 9.59 Å². The number of Topliss-reactive ketones (excluding diaryl/α,β-unsaturated/α-hetero) is 1. The fourth-order valence-electron chi connectivity index (χ4n) is 1.81. The number of carboxylic acids is 1. The van der Waals surface area contributed by atoms with Crippen molar-refractivity contribution in [2.75, 3.05) is 14.2 Å². The van der Waals surface area contributed by atoms with Gasteiger partial charge in [0.25, 0.3) is 0 Å². The SMILES string of the molecule is COc1ccc(C(=O)C[C@@H](C)CC(=O)O)cc1OC. The minimum absolute atomic E-state index is 0.0149. The summed E-state index contributed by atoms with van der Waals surface area (Å²) in [6, 6.07) is 4.92. The standard InChI is InChI=1S/C14H18O5/c1-9(7-14(16)17)6-11(15)10-4-5-12(18-2)13(8-10)19-3/h4-5,8-9H,6-7H2,1-3H3,(H,16,17)/t9-/m1/s1. The number of rotatable bonds is 7. The molecule has 1 rings (SSSR count). The van der Waals surface area contributed by atoms with E-state index in [1.165, 1.54) is 14.2 Å². The Labute approximate surface area is 112 Å². The summed E-state index contributed by atoms with van der Waals surface area (Å²) >= 11 is 0. The molecular weight excluding hydrogens is 248 g/mol. The third kappa shape index (κ3) is 4.28. The molecule has 0 aromatic heterocycles. The molecule has 0 spiro atoms. The second-order valence-corrected chi connectivity index (χ2v) is 4.40. The molecule has 5 nitrogen and oxygen atoms in total. The van der Waals surface area contributed by atoms with Gasteiger partial charge < -0.3 is 14.6 Å². The predicted octanol–water partition coefficient (Wildman–Crippen LogP) is 2.39. The quantitative estimate of drug-likeness (QED) is 0.767. The van der Waals surface area contributed by atoms with Gasteiger partial charge in [0, 0.05) is 18.4 Å². The molecule has 0 heterocycles. The van der Waals surface area contributed by atoms with Gasteiger partial charge in [-0.3, -0.25) is 9.59 Å². The fraction of sp³-hybridized carbons (Fsp3) is 0.429. The van der Waals surface area contributed by atoms with Gasteiger partial charge in [-0.05, 0) is 24.1 Å². The van der Waals surface area contributed by atoms with Crippen LogP contribution in [0.2, 0.25) is 0 Å². The third-order valence-electron chi connectivity index (χ3n) is 2.76. The van der Waals surface area contributed by atoms with E-state index in [1.54, 1.807) is 25.1 Å². The van der Waals surface area contributed by atoms with Crippen LogP contribution in [0.25, 0.3) is 0 Å². The molecule has 0 fully saturated rings. The molecule has 0 unspecified atom stereocenters. The molecule has 19 heavy (non-hydrogen) atoms. The number of aliphatic carboxylic acids is 1. The molecule has 1 aromatic carbocycles. The van der Waals surface area contributed by atoms with Crippen molar-refractivity contribution < 1.29 is 24.2 Å². The Hall–Kier alpha value is -2.04. The molecule has 0 saturated carbocycles. The zero-order valence-electron chi connectivity index (χ0n) is 11.3. The molecule has 5 heteroatoms. The van der Waals surface area contributed by atoms with Gasteiger partial charge in [-0.1, -0.05) is 6.92 Å². The van der Waals surface area contributed by atoms with Crippen LogP contribution >= 0.6 is 0 Å². The minimum atomic E-state index is -0.896. The topological polar surface area (TPSA) is 72.8 Å². The van der Waals surface area contributed by atoms with Crippen LogP contribution in [0.1, 0.15) is 30.1 Å². The highest BCUT2D eigenvalue weighted by Gasteiger charge is 2.16. The average molecular weight is 266 g/mol. The highest BCUT2D eigenvalue weighted by atomic mass is 16.5. The molecule has 104 valence electrons. The van der Waals surface area contributed by atoms with Crippen LogP contribution in [0.4, 0.5) is 0 Å². The molecule has 0 amide bonds. The van der Waals surface area contributed by atoms with E-state index in [1.807, 2.05) is 0 Å². The number of hydrogen-bond acceptors (Lipinski definition) is 4. The first kappa shape index (κ1) is 15.0. The number of carboxylic acid groups (broad SMARTS) is 1. The zero-order valence-corrected chi connectivity index (χ0v) is 11.3. The van der Waals surface area contributed by atoms with Crippen LogP contribution in [-0.4, -0.2) is 31.1 Å². The summed E-state index contributed by atoms with van der Waals surface area (Å²) in [6.45, 7) is 1.74. The number of ether oxygens (including phenoxy) is 2. The molecule has 1 atom stereocenters. The summed E-state index contributed by atoms with van der Waals surface area (Å²) in [4.78, 5) is 22.6. The first-order valence-corrected chi connectivity index (χ1v) is 5.95. The second kappa shape index (κ2) is 6.78. The molecule has 0 aliphatic heterocycles. The number of carbonyl (C=O) groups excluding carboxylic acids is 1.